The van der Waals surface area contributed by atoms with Gasteiger partial charge in [-0.05, 0) is 32.0 Å². The molecular formula is C14H17ClN2O. The number of nitrogens with zero attached hydrogens (tertiary/aromatic N) is 2. The Bertz CT molecular complexity index is 546. The van der Waals surface area contributed by atoms with Gasteiger partial charge in [-0.25, -0.2) is 4.68 Å². The van der Waals surface area contributed by atoms with E-state index in [4.69, 9.17) is 11.6 Å². The molecule has 0 atom stereocenters. The van der Waals surface area contributed by atoms with E-state index in [-0.39, 0.29) is 5.78 Å². The van der Waals surface area contributed by atoms with E-state index in [0.717, 1.165) is 11.4 Å². The van der Waals surface area contributed by atoms with Gasteiger partial charge in [0.05, 0.1) is 23.1 Å². The Morgan fingerprint density at radius 1 is 1.33 bits per heavy atom. The number of carbonyl (C=O) groups is 1. The Morgan fingerprint density at radius 3 is 2.50 bits per heavy atom. The van der Waals surface area contributed by atoms with Gasteiger partial charge in [-0.2, -0.15) is 5.10 Å². The third-order valence-electron chi connectivity index (χ3n) is 2.44. The van der Waals surface area contributed by atoms with Crippen LogP contribution < -0.4 is 0 Å². The lowest BCUT2D eigenvalue weighted by Crippen LogP contribution is -2.00. The monoisotopic (exact) mass is 264 g/mol. The van der Waals surface area contributed by atoms with Gasteiger partial charge < -0.3 is 0 Å². The van der Waals surface area contributed by atoms with Crippen molar-refractivity contribution in [2.75, 3.05) is 0 Å². The summed E-state index contributed by atoms with van der Waals surface area (Å²) in [6.45, 7) is 7.40. The summed E-state index contributed by atoms with van der Waals surface area (Å²) in [6, 6.07) is 7.36. The minimum atomic E-state index is 0.0192. The molecule has 2 aromatic rings. The van der Waals surface area contributed by atoms with Gasteiger partial charge in [-0.1, -0.05) is 31.5 Å². The molecule has 18 heavy (non-hydrogen) atoms. The van der Waals surface area contributed by atoms with Crippen LogP contribution >= 0.6 is 11.6 Å². The normalized spacial score (nSPS) is 9.61. The van der Waals surface area contributed by atoms with Crippen molar-refractivity contribution in [2.45, 2.75) is 27.7 Å². The quantitative estimate of drug-likeness (QED) is 0.767. The first kappa shape index (κ1) is 14.5. The number of hydrogen-bond donors (Lipinski definition) is 0. The highest BCUT2D eigenvalue weighted by molar-refractivity contribution is 6.30. The Kier molecular flexibility index (Phi) is 5.10. The van der Waals surface area contributed by atoms with Crippen LogP contribution in [0.1, 0.15) is 36.8 Å². The minimum Gasteiger partial charge on any atom is -0.294 e. The Hall–Kier alpha value is -1.61. The summed E-state index contributed by atoms with van der Waals surface area (Å²) in [5, 5.41) is 4.84. The molecule has 3 nitrogen and oxygen atoms in total. The first-order chi connectivity index (χ1) is 8.59. The molecule has 0 fully saturated rings. The average Bonchev–Trinajstić information content (AvgIpc) is 2.74. The number of rotatable bonds is 2. The molecule has 1 aromatic carbocycles. The second-order valence-electron chi connectivity index (χ2n) is 3.59. The molecule has 0 aliphatic heterocycles. The van der Waals surface area contributed by atoms with Crippen molar-refractivity contribution in [3.63, 3.8) is 0 Å². The van der Waals surface area contributed by atoms with Crippen LogP contribution in [0.3, 0.4) is 0 Å². The van der Waals surface area contributed by atoms with Crippen molar-refractivity contribution in [1.82, 2.24) is 9.78 Å². The van der Waals surface area contributed by atoms with Crippen LogP contribution in [0.25, 0.3) is 5.69 Å². The highest BCUT2D eigenvalue weighted by Crippen LogP contribution is 2.17. The number of halogens is 1. The number of benzene rings is 1. The topological polar surface area (TPSA) is 34.9 Å². The molecule has 0 bridgehead atoms. The Labute approximate surface area is 112 Å². The van der Waals surface area contributed by atoms with Crippen molar-refractivity contribution >= 4 is 17.4 Å². The molecule has 0 unspecified atom stereocenters. The summed E-state index contributed by atoms with van der Waals surface area (Å²) in [4.78, 5) is 11.3. The summed E-state index contributed by atoms with van der Waals surface area (Å²) in [5.74, 6) is 0.0192. The molecule has 0 N–H and O–H groups in total. The maximum Gasteiger partial charge on any atom is 0.163 e. The second-order valence-corrected chi connectivity index (χ2v) is 4.03. The van der Waals surface area contributed by atoms with Gasteiger partial charge in [-0.15, -0.1) is 0 Å². The fraction of sp³-hybridized carbons (Fsp3) is 0.286. The van der Waals surface area contributed by atoms with Gasteiger partial charge in [-0.3, -0.25) is 4.79 Å². The minimum absolute atomic E-state index is 0.0192. The predicted octanol–water partition coefficient (Wildman–Crippen LogP) is 4.06. The van der Waals surface area contributed by atoms with Crippen LogP contribution in [0, 0.1) is 6.92 Å². The molecule has 2 rings (SSSR count). The number of carbonyl (C=O) groups excluding carboxylic acids is 1. The van der Waals surface area contributed by atoms with E-state index in [2.05, 4.69) is 5.10 Å². The van der Waals surface area contributed by atoms with Gasteiger partial charge in [0.15, 0.2) is 5.78 Å². The highest BCUT2D eigenvalue weighted by atomic mass is 35.5. The van der Waals surface area contributed by atoms with E-state index in [9.17, 15) is 4.79 Å². The molecule has 0 aliphatic carbocycles. The first-order valence-corrected chi connectivity index (χ1v) is 6.29. The van der Waals surface area contributed by atoms with Crippen LogP contribution in [-0.2, 0) is 0 Å². The highest BCUT2D eigenvalue weighted by Gasteiger charge is 2.11. The molecule has 4 heteroatoms. The van der Waals surface area contributed by atoms with Crippen molar-refractivity contribution in [2.24, 2.45) is 0 Å². The number of hydrogen-bond acceptors (Lipinski definition) is 2. The number of Topliss-reactive ketones (excluding diaryl/α,β-unsaturated/α-hetero) is 1. The molecule has 0 saturated carbocycles. The SMILES string of the molecule is CC.CC(=O)c1cnn(-c2cccc(Cl)c2)c1C. The van der Waals surface area contributed by atoms with Gasteiger partial charge >= 0.3 is 0 Å². The zero-order valence-electron chi connectivity index (χ0n) is 11.1. The van der Waals surface area contributed by atoms with Gasteiger partial charge in [0.1, 0.15) is 0 Å². The second kappa shape index (κ2) is 6.36. The summed E-state index contributed by atoms with van der Waals surface area (Å²) < 4.78 is 1.71. The van der Waals surface area contributed by atoms with E-state index in [1.807, 2.05) is 39.0 Å². The molecule has 0 radical (unpaired) electrons. The van der Waals surface area contributed by atoms with Crippen LogP contribution in [0.2, 0.25) is 5.02 Å². The fourth-order valence-corrected chi connectivity index (χ4v) is 1.81. The van der Waals surface area contributed by atoms with Crippen molar-refractivity contribution in [3.8, 4) is 5.69 Å². The smallest absolute Gasteiger partial charge is 0.163 e. The summed E-state index contributed by atoms with van der Waals surface area (Å²) in [7, 11) is 0. The van der Waals surface area contributed by atoms with E-state index >= 15 is 0 Å². The van der Waals surface area contributed by atoms with Crippen LogP contribution in [0.15, 0.2) is 30.5 Å². The van der Waals surface area contributed by atoms with Crippen LogP contribution in [0.5, 0.6) is 0 Å². The van der Waals surface area contributed by atoms with Gasteiger partial charge in [0, 0.05) is 5.02 Å². The predicted molar refractivity (Wildman–Crippen MR) is 74.7 cm³/mol. The average molecular weight is 265 g/mol. The molecule has 1 aromatic heterocycles. The van der Waals surface area contributed by atoms with Crippen molar-refractivity contribution < 1.29 is 4.79 Å². The first-order valence-electron chi connectivity index (χ1n) is 5.91. The molecule has 96 valence electrons. The maximum absolute atomic E-state index is 11.3. The van der Waals surface area contributed by atoms with Crippen LogP contribution in [0.4, 0.5) is 0 Å². The number of aromatic nitrogens is 2. The van der Waals surface area contributed by atoms with Crippen molar-refractivity contribution in [1.29, 1.82) is 0 Å². The van der Waals surface area contributed by atoms with Crippen molar-refractivity contribution in [3.05, 3.63) is 46.7 Å². The van der Waals surface area contributed by atoms with Gasteiger partial charge in [0.2, 0.25) is 0 Å². The summed E-state index contributed by atoms with van der Waals surface area (Å²) >= 11 is 5.91. The molecule has 0 spiro atoms. The summed E-state index contributed by atoms with van der Waals surface area (Å²) in [5.41, 5.74) is 2.33. The lowest BCUT2D eigenvalue weighted by atomic mass is 10.2. The molecule has 0 saturated heterocycles. The van der Waals surface area contributed by atoms with E-state index < -0.39 is 0 Å². The fourth-order valence-electron chi connectivity index (χ4n) is 1.62. The zero-order chi connectivity index (χ0) is 13.7. The standard InChI is InChI=1S/C12H11ClN2O.C2H6/c1-8-12(9(2)16)7-14-15(8)11-5-3-4-10(13)6-11;1-2/h3-7H,1-2H3;1-2H3. The Morgan fingerprint density at radius 2 is 2.00 bits per heavy atom. The molecular weight excluding hydrogens is 248 g/mol. The number of ketones is 1. The van der Waals surface area contributed by atoms with E-state index in [0.29, 0.717) is 10.6 Å². The summed E-state index contributed by atoms with van der Waals surface area (Å²) in [6.07, 6.45) is 1.58. The lowest BCUT2D eigenvalue weighted by molar-refractivity contribution is 0.101. The van der Waals surface area contributed by atoms with Crippen LogP contribution in [-0.4, -0.2) is 15.6 Å². The molecule has 1 heterocycles. The molecule has 0 amide bonds. The Balaban J connectivity index is 0.000000771. The zero-order valence-corrected chi connectivity index (χ0v) is 11.8. The lowest BCUT2D eigenvalue weighted by Gasteiger charge is -2.04. The van der Waals surface area contributed by atoms with Gasteiger partial charge in [0.25, 0.3) is 0 Å². The third kappa shape index (κ3) is 2.99. The largest absolute Gasteiger partial charge is 0.294 e. The van der Waals surface area contributed by atoms with E-state index in [1.54, 1.807) is 16.9 Å². The van der Waals surface area contributed by atoms with E-state index in [1.165, 1.54) is 6.92 Å². The maximum atomic E-state index is 11.3. The molecule has 0 aliphatic rings. The third-order valence-corrected chi connectivity index (χ3v) is 2.68.